The molecule has 0 fully saturated rings. The van der Waals surface area contributed by atoms with E-state index in [0.29, 0.717) is 52.1 Å². The fourth-order valence-corrected chi connectivity index (χ4v) is 6.38. The largest absolute Gasteiger partial charge is 0.494 e. The van der Waals surface area contributed by atoms with Gasteiger partial charge in [-0.25, -0.2) is 0 Å². The summed E-state index contributed by atoms with van der Waals surface area (Å²) in [4.78, 5) is 0. The molecule has 0 aromatic heterocycles. The predicted octanol–water partition coefficient (Wildman–Crippen LogP) is 8.04. The van der Waals surface area contributed by atoms with Crippen molar-refractivity contribution in [1.29, 1.82) is 0 Å². The van der Waals surface area contributed by atoms with Crippen LogP contribution in [0.2, 0.25) is 0 Å². The molecule has 1 aliphatic rings. The van der Waals surface area contributed by atoms with E-state index in [9.17, 15) is 0 Å². The highest BCUT2D eigenvalue weighted by Crippen LogP contribution is 2.56. The first-order valence-corrected chi connectivity index (χ1v) is 17.2. The van der Waals surface area contributed by atoms with Crippen LogP contribution in [0.15, 0.2) is 97.1 Å². The van der Waals surface area contributed by atoms with Gasteiger partial charge in [0.1, 0.15) is 11.5 Å². The molecule has 1 atom stereocenters. The number of alkyl halides is 1. The van der Waals surface area contributed by atoms with Gasteiger partial charge in [-0.2, -0.15) is 0 Å². The van der Waals surface area contributed by atoms with Crippen molar-refractivity contribution in [2.75, 3.05) is 58.7 Å². The van der Waals surface area contributed by atoms with Gasteiger partial charge in [0.2, 0.25) is 0 Å². The number of aliphatic hydroxyl groups is 1. The fourth-order valence-electron chi connectivity index (χ4n) is 6.27. The number of hydrogen-bond donors (Lipinski definition) is 1. The molecule has 0 spiro atoms. The number of fused-ring (bicyclic) bond motifs is 3. The number of aliphatic hydroxyl groups excluding tert-OH is 1. The van der Waals surface area contributed by atoms with Gasteiger partial charge >= 0.3 is 0 Å². The molecule has 7 heteroatoms. The third-order valence-corrected chi connectivity index (χ3v) is 9.11. The van der Waals surface area contributed by atoms with Crippen molar-refractivity contribution in [3.8, 4) is 22.6 Å². The second kappa shape index (κ2) is 17.1. The van der Waals surface area contributed by atoms with Crippen LogP contribution in [0, 0.1) is 0 Å². The summed E-state index contributed by atoms with van der Waals surface area (Å²) >= 11 is 5.85. The van der Waals surface area contributed by atoms with Crippen LogP contribution in [0.5, 0.6) is 11.5 Å². The summed E-state index contributed by atoms with van der Waals surface area (Å²) < 4.78 is 29.3. The molecule has 4 aromatic carbocycles. The monoisotopic (exact) mass is 658 g/mol. The number of halogens is 1. The SMILES string of the molecule is CCC(C)(COCCOCCCOc1ccc(C2(c3ccc(OCCCCl)cc3)c3ccccc3-c3ccccc32)cc1)OCCO. The van der Waals surface area contributed by atoms with Crippen molar-refractivity contribution in [3.05, 3.63) is 119 Å². The summed E-state index contributed by atoms with van der Waals surface area (Å²) in [6, 6.07) is 34.5. The highest BCUT2D eigenvalue weighted by molar-refractivity contribution is 6.17. The third-order valence-electron chi connectivity index (χ3n) is 8.84. The van der Waals surface area contributed by atoms with E-state index in [0.717, 1.165) is 30.8 Å². The highest BCUT2D eigenvalue weighted by Gasteiger charge is 2.45. The second-order valence-electron chi connectivity index (χ2n) is 12.0. The molecule has 47 heavy (non-hydrogen) atoms. The van der Waals surface area contributed by atoms with Gasteiger partial charge in [-0.1, -0.05) is 79.7 Å². The summed E-state index contributed by atoms with van der Waals surface area (Å²) in [5, 5.41) is 9.02. The zero-order valence-corrected chi connectivity index (χ0v) is 28.3. The first kappa shape index (κ1) is 34.9. The maximum atomic E-state index is 9.02. The van der Waals surface area contributed by atoms with Gasteiger partial charge in [0.25, 0.3) is 0 Å². The van der Waals surface area contributed by atoms with E-state index in [-0.39, 0.29) is 12.2 Å². The van der Waals surface area contributed by atoms with Gasteiger partial charge in [0, 0.05) is 18.9 Å². The van der Waals surface area contributed by atoms with Crippen LogP contribution < -0.4 is 9.47 Å². The van der Waals surface area contributed by atoms with Crippen LogP contribution in [-0.2, 0) is 19.6 Å². The molecule has 1 N–H and O–H groups in total. The topological polar surface area (TPSA) is 66.4 Å². The minimum absolute atomic E-state index is 0.00963. The lowest BCUT2D eigenvalue weighted by Crippen LogP contribution is -2.35. The van der Waals surface area contributed by atoms with Crippen LogP contribution in [0.25, 0.3) is 11.1 Å². The van der Waals surface area contributed by atoms with E-state index < -0.39 is 5.41 Å². The minimum Gasteiger partial charge on any atom is -0.494 e. The first-order valence-electron chi connectivity index (χ1n) is 16.7. The van der Waals surface area contributed by atoms with Gasteiger partial charge in [-0.15, -0.1) is 11.6 Å². The molecule has 0 radical (unpaired) electrons. The van der Waals surface area contributed by atoms with Crippen LogP contribution in [0.3, 0.4) is 0 Å². The molecule has 0 heterocycles. The van der Waals surface area contributed by atoms with Gasteiger partial charge in [-0.3, -0.25) is 0 Å². The quantitative estimate of drug-likeness (QED) is 0.0675. The van der Waals surface area contributed by atoms with Crippen molar-refractivity contribution in [3.63, 3.8) is 0 Å². The van der Waals surface area contributed by atoms with E-state index >= 15 is 0 Å². The molecule has 0 amide bonds. The summed E-state index contributed by atoms with van der Waals surface area (Å²) in [5.41, 5.74) is 6.55. The molecule has 4 aromatic rings. The minimum atomic E-state index is -0.476. The number of benzene rings is 4. The summed E-state index contributed by atoms with van der Waals surface area (Å²) in [5.74, 6) is 2.26. The Balaban J connectivity index is 1.23. The predicted molar refractivity (Wildman–Crippen MR) is 188 cm³/mol. The van der Waals surface area contributed by atoms with E-state index in [1.54, 1.807) is 0 Å². The van der Waals surface area contributed by atoms with Gasteiger partial charge in [-0.05, 0) is 77.4 Å². The Kier molecular flexibility index (Phi) is 12.7. The zero-order valence-electron chi connectivity index (χ0n) is 27.6. The van der Waals surface area contributed by atoms with E-state index in [4.69, 9.17) is 40.4 Å². The molecule has 1 unspecified atom stereocenters. The van der Waals surface area contributed by atoms with Crippen molar-refractivity contribution >= 4 is 11.6 Å². The van der Waals surface area contributed by atoms with E-state index in [2.05, 4.69) is 104 Å². The smallest absolute Gasteiger partial charge is 0.119 e. The number of ether oxygens (including phenoxy) is 5. The summed E-state index contributed by atoms with van der Waals surface area (Å²) in [6.07, 6.45) is 2.40. The van der Waals surface area contributed by atoms with Crippen LogP contribution in [0.1, 0.15) is 55.4 Å². The molecular weight excluding hydrogens is 612 g/mol. The molecule has 0 saturated heterocycles. The lowest BCUT2D eigenvalue weighted by atomic mass is 9.68. The molecular formula is C40H47ClO6. The Morgan fingerprint density at radius 2 is 1.17 bits per heavy atom. The summed E-state index contributed by atoms with van der Waals surface area (Å²) in [6.45, 7) is 7.61. The average Bonchev–Trinajstić information content (AvgIpc) is 3.42. The molecule has 1 aliphatic carbocycles. The molecule has 250 valence electrons. The van der Waals surface area contributed by atoms with E-state index in [1.807, 2.05) is 6.92 Å². The molecule has 6 nitrogen and oxygen atoms in total. The fraction of sp³-hybridized carbons (Fsp3) is 0.400. The Hall–Kier alpha value is -3.39. The Morgan fingerprint density at radius 1 is 0.638 bits per heavy atom. The third kappa shape index (κ3) is 8.19. The Labute approximate surface area is 284 Å². The van der Waals surface area contributed by atoms with Crippen LogP contribution in [0.4, 0.5) is 0 Å². The first-order chi connectivity index (χ1) is 23.1. The van der Waals surface area contributed by atoms with Crippen molar-refractivity contribution in [1.82, 2.24) is 0 Å². The van der Waals surface area contributed by atoms with Crippen LogP contribution >= 0.6 is 11.6 Å². The van der Waals surface area contributed by atoms with E-state index in [1.165, 1.54) is 33.4 Å². The summed E-state index contributed by atoms with van der Waals surface area (Å²) in [7, 11) is 0. The average molecular weight is 659 g/mol. The maximum absolute atomic E-state index is 9.02. The molecule has 0 aliphatic heterocycles. The lowest BCUT2D eigenvalue weighted by Gasteiger charge is -2.34. The second-order valence-corrected chi connectivity index (χ2v) is 12.4. The normalized spacial score (nSPS) is 14.3. The standard InChI is InChI=1S/C40H47ClO6/c1-3-39(2,47-27-23-42)30-44-29-28-43-24-9-26-46-34-20-16-32(17-21-34)40(31-14-18-33(19-15-31)45-25-8-22-41)37-12-6-4-10-35(37)36-11-5-7-13-38(36)40/h4-7,10-21,42H,3,8-9,22-30H2,1-2H3. The van der Waals surface area contributed by atoms with Gasteiger partial charge in [0.15, 0.2) is 0 Å². The van der Waals surface area contributed by atoms with Crippen molar-refractivity contribution in [2.45, 2.75) is 44.1 Å². The zero-order chi connectivity index (χ0) is 33.0. The molecule has 5 rings (SSSR count). The lowest BCUT2D eigenvalue weighted by molar-refractivity contribution is -0.102. The van der Waals surface area contributed by atoms with Crippen molar-refractivity contribution < 1.29 is 28.8 Å². The Bertz CT molecular complexity index is 1480. The Morgan fingerprint density at radius 3 is 1.70 bits per heavy atom. The number of hydrogen-bond acceptors (Lipinski definition) is 6. The highest BCUT2D eigenvalue weighted by atomic mass is 35.5. The number of rotatable bonds is 20. The van der Waals surface area contributed by atoms with Gasteiger partial charge in [0.05, 0.1) is 57.3 Å². The van der Waals surface area contributed by atoms with Crippen molar-refractivity contribution in [2.24, 2.45) is 0 Å². The molecule has 0 bridgehead atoms. The van der Waals surface area contributed by atoms with Crippen LogP contribution in [-0.4, -0.2) is 69.4 Å². The van der Waals surface area contributed by atoms with Gasteiger partial charge < -0.3 is 28.8 Å². The molecule has 0 saturated carbocycles. The maximum Gasteiger partial charge on any atom is 0.119 e.